The number of nitrogens with zero attached hydrogens (tertiary/aromatic N) is 6. The molecule has 0 amide bonds. The second-order valence-electron chi connectivity index (χ2n) is 6.40. The third-order valence-electron chi connectivity index (χ3n) is 4.75. The number of aromatic nitrogens is 5. The first kappa shape index (κ1) is 14.8. The standard InChI is InChI=1S/C15H22N6O2/c1-20-10-16-18-14(20)11-4-6-21(7-5-11)9-13-17-15(23-19-13)12-3-2-8-22-12/h10-12H,2-9H2,1H3/t12-/m0/s1. The molecule has 2 fully saturated rings. The van der Waals surface area contributed by atoms with Gasteiger partial charge < -0.3 is 13.8 Å². The second-order valence-corrected chi connectivity index (χ2v) is 6.40. The van der Waals surface area contributed by atoms with E-state index in [1.807, 2.05) is 11.6 Å². The van der Waals surface area contributed by atoms with Crippen molar-refractivity contribution in [2.45, 2.75) is 44.2 Å². The molecular formula is C15H22N6O2. The first-order valence-corrected chi connectivity index (χ1v) is 8.30. The molecule has 2 saturated heterocycles. The molecule has 8 heteroatoms. The van der Waals surface area contributed by atoms with Gasteiger partial charge in [0.1, 0.15) is 18.3 Å². The Morgan fingerprint density at radius 1 is 1.26 bits per heavy atom. The van der Waals surface area contributed by atoms with Gasteiger partial charge in [-0.15, -0.1) is 10.2 Å². The molecule has 0 unspecified atom stereocenters. The quantitative estimate of drug-likeness (QED) is 0.843. The van der Waals surface area contributed by atoms with Crippen LogP contribution >= 0.6 is 0 Å². The van der Waals surface area contributed by atoms with E-state index in [1.54, 1.807) is 6.33 Å². The Morgan fingerprint density at radius 2 is 2.13 bits per heavy atom. The van der Waals surface area contributed by atoms with Crippen molar-refractivity contribution in [2.75, 3.05) is 19.7 Å². The molecule has 0 spiro atoms. The van der Waals surface area contributed by atoms with Crippen molar-refractivity contribution in [3.8, 4) is 0 Å². The fraction of sp³-hybridized carbons (Fsp3) is 0.733. The zero-order valence-electron chi connectivity index (χ0n) is 13.4. The van der Waals surface area contributed by atoms with E-state index in [0.717, 1.165) is 63.6 Å². The van der Waals surface area contributed by atoms with Gasteiger partial charge in [0, 0.05) is 19.6 Å². The Hall–Kier alpha value is -1.80. The number of rotatable bonds is 4. The van der Waals surface area contributed by atoms with Gasteiger partial charge in [-0.2, -0.15) is 4.98 Å². The smallest absolute Gasteiger partial charge is 0.255 e. The molecule has 23 heavy (non-hydrogen) atoms. The maximum atomic E-state index is 5.58. The zero-order valence-corrected chi connectivity index (χ0v) is 13.4. The second kappa shape index (κ2) is 6.37. The molecule has 124 valence electrons. The summed E-state index contributed by atoms with van der Waals surface area (Å²) in [4.78, 5) is 6.87. The third-order valence-corrected chi connectivity index (χ3v) is 4.75. The van der Waals surface area contributed by atoms with Crippen LogP contribution in [0.2, 0.25) is 0 Å². The predicted octanol–water partition coefficient (Wildman–Crippen LogP) is 1.43. The van der Waals surface area contributed by atoms with Crippen LogP contribution in [0.1, 0.15) is 55.2 Å². The van der Waals surface area contributed by atoms with Crippen LogP contribution < -0.4 is 0 Å². The fourth-order valence-corrected chi connectivity index (χ4v) is 3.45. The number of piperidine rings is 1. The molecule has 0 aliphatic carbocycles. The van der Waals surface area contributed by atoms with E-state index in [9.17, 15) is 0 Å². The fourth-order valence-electron chi connectivity index (χ4n) is 3.45. The van der Waals surface area contributed by atoms with E-state index in [-0.39, 0.29) is 6.10 Å². The summed E-state index contributed by atoms with van der Waals surface area (Å²) in [6.45, 7) is 3.56. The molecule has 4 heterocycles. The summed E-state index contributed by atoms with van der Waals surface area (Å²) < 4.78 is 13.0. The van der Waals surface area contributed by atoms with E-state index in [4.69, 9.17) is 9.26 Å². The summed E-state index contributed by atoms with van der Waals surface area (Å²) in [6, 6.07) is 0. The molecule has 0 saturated carbocycles. The lowest BCUT2D eigenvalue weighted by atomic mass is 9.96. The highest BCUT2D eigenvalue weighted by Gasteiger charge is 2.27. The summed E-state index contributed by atoms with van der Waals surface area (Å²) in [5, 5.41) is 12.3. The lowest BCUT2D eigenvalue weighted by molar-refractivity contribution is 0.0835. The molecule has 2 aliphatic heterocycles. The molecule has 2 aromatic heterocycles. The summed E-state index contributed by atoms with van der Waals surface area (Å²) in [7, 11) is 2.01. The van der Waals surface area contributed by atoms with Crippen LogP contribution in [0.3, 0.4) is 0 Å². The average molecular weight is 318 g/mol. The highest BCUT2D eigenvalue weighted by molar-refractivity contribution is 4.99. The molecule has 0 radical (unpaired) electrons. The van der Waals surface area contributed by atoms with Gasteiger partial charge in [0.25, 0.3) is 5.89 Å². The van der Waals surface area contributed by atoms with Gasteiger partial charge in [-0.25, -0.2) is 0 Å². The molecular weight excluding hydrogens is 296 g/mol. The molecule has 4 rings (SSSR count). The number of likely N-dealkylation sites (tertiary alicyclic amines) is 1. The summed E-state index contributed by atoms with van der Waals surface area (Å²) >= 11 is 0. The largest absolute Gasteiger partial charge is 0.368 e. The Morgan fingerprint density at radius 3 is 2.83 bits per heavy atom. The van der Waals surface area contributed by atoms with E-state index >= 15 is 0 Å². The van der Waals surface area contributed by atoms with Crippen LogP contribution in [0, 0.1) is 0 Å². The van der Waals surface area contributed by atoms with Gasteiger partial charge in [0.15, 0.2) is 5.82 Å². The maximum absolute atomic E-state index is 5.58. The average Bonchev–Trinajstić information content (AvgIpc) is 3.29. The normalized spacial score (nSPS) is 23.6. The lowest BCUT2D eigenvalue weighted by Gasteiger charge is -2.30. The van der Waals surface area contributed by atoms with Gasteiger partial charge in [0.05, 0.1) is 6.54 Å². The number of hydrogen-bond donors (Lipinski definition) is 0. The number of aryl methyl sites for hydroxylation is 1. The van der Waals surface area contributed by atoms with Gasteiger partial charge in [-0.05, 0) is 38.8 Å². The van der Waals surface area contributed by atoms with Crippen molar-refractivity contribution in [3.63, 3.8) is 0 Å². The van der Waals surface area contributed by atoms with Crippen molar-refractivity contribution in [1.82, 2.24) is 29.8 Å². The van der Waals surface area contributed by atoms with Gasteiger partial charge in [0.2, 0.25) is 0 Å². The summed E-state index contributed by atoms with van der Waals surface area (Å²) in [5.41, 5.74) is 0. The van der Waals surface area contributed by atoms with E-state index in [2.05, 4.69) is 25.2 Å². The van der Waals surface area contributed by atoms with Crippen molar-refractivity contribution < 1.29 is 9.26 Å². The highest BCUT2D eigenvalue weighted by Crippen LogP contribution is 2.28. The van der Waals surface area contributed by atoms with Crippen LogP contribution in [0.15, 0.2) is 10.9 Å². The van der Waals surface area contributed by atoms with Crippen LogP contribution in [0.4, 0.5) is 0 Å². The monoisotopic (exact) mass is 318 g/mol. The van der Waals surface area contributed by atoms with Crippen LogP contribution in [0.5, 0.6) is 0 Å². The predicted molar refractivity (Wildman–Crippen MR) is 80.5 cm³/mol. The Labute approximate surface area is 134 Å². The molecule has 2 aliphatic rings. The minimum Gasteiger partial charge on any atom is -0.368 e. The first-order valence-electron chi connectivity index (χ1n) is 8.30. The van der Waals surface area contributed by atoms with Crippen molar-refractivity contribution in [3.05, 3.63) is 23.9 Å². The topological polar surface area (TPSA) is 82.1 Å². The van der Waals surface area contributed by atoms with Crippen molar-refractivity contribution in [1.29, 1.82) is 0 Å². The van der Waals surface area contributed by atoms with E-state index in [1.165, 1.54) is 0 Å². The van der Waals surface area contributed by atoms with E-state index in [0.29, 0.717) is 11.8 Å². The molecule has 0 bridgehead atoms. The molecule has 0 N–H and O–H groups in total. The van der Waals surface area contributed by atoms with Gasteiger partial charge in [-0.1, -0.05) is 5.16 Å². The number of ether oxygens (including phenoxy) is 1. The molecule has 8 nitrogen and oxygen atoms in total. The zero-order chi connectivity index (χ0) is 15.6. The summed E-state index contributed by atoms with van der Waals surface area (Å²) in [5.74, 6) is 2.97. The third kappa shape index (κ3) is 3.13. The number of hydrogen-bond acceptors (Lipinski definition) is 7. The minimum absolute atomic E-state index is 0.00194. The van der Waals surface area contributed by atoms with Crippen molar-refractivity contribution in [2.24, 2.45) is 7.05 Å². The lowest BCUT2D eigenvalue weighted by Crippen LogP contribution is -2.33. The first-order chi connectivity index (χ1) is 11.3. The Balaban J connectivity index is 1.32. The van der Waals surface area contributed by atoms with Crippen LogP contribution in [-0.4, -0.2) is 49.5 Å². The molecule has 0 aromatic carbocycles. The van der Waals surface area contributed by atoms with Crippen LogP contribution in [0.25, 0.3) is 0 Å². The SMILES string of the molecule is Cn1cnnc1C1CCN(Cc2noc([C@@H]3CCCO3)n2)CC1. The Kier molecular flexibility index (Phi) is 4.09. The maximum Gasteiger partial charge on any atom is 0.255 e. The van der Waals surface area contributed by atoms with Crippen LogP contribution in [-0.2, 0) is 18.3 Å². The van der Waals surface area contributed by atoms with Gasteiger partial charge in [-0.3, -0.25) is 4.90 Å². The molecule has 1 atom stereocenters. The summed E-state index contributed by atoms with van der Waals surface area (Å²) in [6.07, 6.45) is 5.99. The van der Waals surface area contributed by atoms with E-state index < -0.39 is 0 Å². The molecule has 2 aromatic rings. The highest BCUT2D eigenvalue weighted by atomic mass is 16.5. The van der Waals surface area contributed by atoms with Gasteiger partial charge >= 0.3 is 0 Å². The minimum atomic E-state index is -0.00194. The Bertz CT molecular complexity index is 640. The van der Waals surface area contributed by atoms with Crippen molar-refractivity contribution >= 4 is 0 Å².